The van der Waals surface area contributed by atoms with Crippen molar-refractivity contribution >= 4 is 0 Å². The summed E-state index contributed by atoms with van der Waals surface area (Å²) in [6.45, 7) is 6.35. The van der Waals surface area contributed by atoms with E-state index in [1.807, 2.05) is 20.8 Å². The van der Waals surface area contributed by atoms with Crippen molar-refractivity contribution in [2.45, 2.75) is 27.4 Å². The SMILES string of the molecule is CCOc1cc(C#N)ccc1OCc1nc(C)c(C)o1. The molecule has 20 heavy (non-hydrogen) atoms. The molecule has 1 aromatic carbocycles. The van der Waals surface area contributed by atoms with Crippen LogP contribution in [0, 0.1) is 25.2 Å². The second kappa shape index (κ2) is 6.11. The Hall–Kier alpha value is -2.48. The third-order valence-corrected chi connectivity index (χ3v) is 2.80. The van der Waals surface area contributed by atoms with Gasteiger partial charge in [-0.15, -0.1) is 0 Å². The number of aromatic nitrogens is 1. The van der Waals surface area contributed by atoms with E-state index in [1.165, 1.54) is 0 Å². The van der Waals surface area contributed by atoms with Gasteiger partial charge in [0, 0.05) is 6.07 Å². The van der Waals surface area contributed by atoms with Gasteiger partial charge in [0.1, 0.15) is 5.76 Å². The number of rotatable bonds is 5. The van der Waals surface area contributed by atoms with Crippen LogP contribution >= 0.6 is 0 Å². The van der Waals surface area contributed by atoms with Crippen molar-refractivity contribution in [1.82, 2.24) is 4.98 Å². The number of ether oxygens (including phenoxy) is 2. The molecule has 104 valence electrons. The molecule has 5 nitrogen and oxygen atoms in total. The Morgan fingerprint density at radius 2 is 2.05 bits per heavy atom. The largest absolute Gasteiger partial charge is 0.490 e. The second-order valence-corrected chi connectivity index (χ2v) is 4.24. The zero-order valence-corrected chi connectivity index (χ0v) is 11.8. The maximum Gasteiger partial charge on any atom is 0.232 e. The highest BCUT2D eigenvalue weighted by atomic mass is 16.5. The molecule has 2 rings (SSSR count). The van der Waals surface area contributed by atoms with Crippen molar-refractivity contribution in [1.29, 1.82) is 5.26 Å². The van der Waals surface area contributed by atoms with Crippen molar-refractivity contribution in [2.24, 2.45) is 0 Å². The minimum atomic E-state index is 0.223. The van der Waals surface area contributed by atoms with E-state index in [0.29, 0.717) is 29.6 Å². The van der Waals surface area contributed by atoms with Crippen LogP contribution in [0.3, 0.4) is 0 Å². The maximum absolute atomic E-state index is 8.89. The first-order valence-corrected chi connectivity index (χ1v) is 6.36. The molecule has 0 atom stereocenters. The average Bonchev–Trinajstić information content (AvgIpc) is 2.76. The number of hydrogen-bond acceptors (Lipinski definition) is 5. The zero-order chi connectivity index (χ0) is 14.5. The Kier molecular flexibility index (Phi) is 4.26. The smallest absolute Gasteiger partial charge is 0.232 e. The highest BCUT2D eigenvalue weighted by Crippen LogP contribution is 2.29. The molecule has 0 saturated carbocycles. The average molecular weight is 272 g/mol. The summed E-state index contributed by atoms with van der Waals surface area (Å²) < 4.78 is 16.6. The van der Waals surface area contributed by atoms with Gasteiger partial charge in [0.25, 0.3) is 0 Å². The van der Waals surface area contributed by atoms with E-state index in [0.717, 1.165) is 11.5 Å². The summed E-state index contributed by atoms with van der Waals surface area (Å²) in [5.41, 5.74) is 1.39. The van der Waals surface area contributed by atoms with Crippen molar-refractivity contribution in [3.05, 3.63) is 41.1 Å². The quantitative estimate of drug-likeness (QED) is 0.836. The standard InChI is InChI=1S/C15H16N2O3/c1-4-18-14-7-12(8-16)5-6-13(14)19-9-15-17-10(2)11(3)20-15/h5-7H,4,9H2,1-3H3. The number of nitriles is 1. The van der Waals surface area contributed by atoms with Crippen LogP contribution in [0.25, 0.3) is 0 Å². The Balaban J connectivity index is 2.14. The molecule has 1 aromatic heterocycles. The summed E-state index contributed by atoms with van der Waals surface area (Å²) in [6, 6.07) is 7.13. The van der Waals surface area contributed by atoms with Crippen LogP contribution in [0.2, 0.25) is 0 Å². The number of nitrogens with zero attached hydrogens (tertiary/aromatic N) is 2. The van der Waals surface area contributed by atoms with Crippen LogP contribution in [-0.4, -0.2) is 11.6 Å². The highest BCUT2D eigenvalue weighted by Gasteiger charge is 2.10. The molecule has 0 aliphatic carbocycles. The first-order chi connectivity index (χ1) is 9.63. The molecule has 0 unspecified atom stereocenters. The van der Waals surface area contributed by atoms with Gasteiger partial charge in [-0.05, 0) is 32.9 Å². The summed E-state index contributed by atoms with van der Waals surface area (Å²) in [6.07, 6.45) is 0. The van der Waals surface area contributed by atoms with Gasteiger partial charge in [-0.2, -0.15) is 5.26 Å². The lowest BCUT2D eigenvalue weighted by Gasteiger charge is -2.10. The van der Waals surface area contributed by atoms with Crippen molar-refractivity contribution < 1.29 is 13.9 Å². The first-order valence-electron chi connectivity index (χ1n) is 6.36. The molecule has 0 amide bonds. The molecular formula is C15H16N2O3. The summed E-state index contributed by atoms with van der Waals surface area (Å²) >= 11 is 0. The lowest BCUT2D eigenvalue weighted by Crippen LogP contribution is -2.00. The summed E-state index contributed by atoms with van der Waals surface area (Å²) in [4.78, 5) is 4.25. The predicted octanol–water partition coefficient (Wildman–Crippen LogP) is 3.14. The molecule has 0 saturated heterocycles. The van der Waals surface area contributed by atoms with Gasteiger partial charge in [0.05, 0.1) is 23.9 Å². The molecule has 0 aliphatic rings. The van der Waals surface area contributed by atoms with Crippen LogP contribution in [0.4, 0.5) is 0 Å². The molecule has 2 aromatic rings. The topological polar surface area (TPSA) is 68.3 Å². The van der Waals surface area contributed by atoms with Crippen LogP contribution in [0.15, 0.2) is 22.6 Å². The second-order valence-electron chi connectivity index (χ2n) is 4.24. The molecule has 0 fully saturated rings. The van der Waals surface area contributed by atoms with E-state index >= 15 is 0 Å². The fraction of sp³-hybridized carbons (Fsp3) is 0.333. The lowest BCUT2D eigenvalue weighted by atomic mass is 10.2. The van der Waals surface area contributed by atoms with E-state index < -0.39 is 0 Å². The summed E-state index contributed by atoms with van der Waals surface area (Å²) in [5, 5.41) is 8.89. The lowest BCUT2D eigenvalue weighted by molar-refractivity contribution is 0.240. The van der Waals surface area contributed by atoms with Crippen LogP contribution < -0.4 is 9.47 Å². The Morgan fingerprint density at radius 3 is 2.65 bits per heavy atom. The van der Waals surface area contributed by atoms with E-state index in [-0.39, 0.29) is 6.61 Å². The number of aryl methyl sites for hydroxylation is 2. The van der Waals surface area contributed by atoms with E-state index in [2.05, 4.69) is 11.1 Å². The van der Waals surface area contributed by atoms with Crippen LogP contribution in [-0.2, 0) is 6.61 Å². The predicted molar refractivity (Wildman–Crippen MR) is 72.6 cm³/mol. The fourth-order valence-electron chi connectivity index (χ4n) is 1.71. The van der Waals surface area contributed by atoms with E-state index in [1.54, 1.807) is 18.2 Å². The Morgan fingerprint density at radius 1 is 1.25 bits per heavy atom. The molecule has 5 heteroatoms. The van der Waals surface area contributed by atoms with Gasteiger partial charge in [0.2, 0.25) is 5.89 Å². The van der Waals surface area contributed by atoms with Gasteiger partial charge in [-0.3, -0.25) is 0 Å². The minimum Gasteiger partial charge on any atom is -0.490 e. The highest BCUT2D eigenvalue weighted by molar-refractivity contribution is 5.46. The third kappa shape index (κ3) is 3.09. The molecule has 0 bridgehead atoms. The van der Waals surface area contributed by atoms with E-state index in [4.69, 9.17) is 19.2 Å². The summed E-state index contributed by atoms with van der Waals surface area (Å²) in [5.74, 6) is 2.42. The van der Waals surface area contributed by atoms with Crippen molar-refractivity contribution in [2.75, 3.05) is 6.61 Å². The molecule has 0 radical (unpaired) electrons. The Labute approximate surface area is 117 Å². The molecular weight excluding hydrogens is 256 g/mol. The number of benzene rings is 1. The van der Waals surface area contributed by atoms with Gasteiger partial charge < -0.3 is 13.9 Å². The van der Waals surface area contributed by atoms with Crippen molar-refractivity contribution in [3.8, 4) is 17.6 Å². The monoisotopic (exact) mass is 272 g/mol. The van der Waals surface area contributed by atoms with Gasteiger partial charge >= 0.3 is 0 Å². The summed E-state index contributed by atoms with van der Waals surface area (Å²) in [7, 11) is 0. The minimum absolute atomic E-state index is 0.223. The number of oxazole rings is 1. The van der Waals surface area contributed by atoms with Gasteiger partial charge in [-0.1, -0.05) is 0 Å². The molecule has 1 heterocycles. The normalized spacial score (nSPS) is 10.1. The third-order valence-electron chi connectivity index (χ3n) is 2.80. The molecule has 0 N–H and O–H groups in total. The zero-order valence-electron chi connectivity index (χ0n) is 11.8. The molecule has 0 spiro atoms. The van der Waals surface area contributed by atoms with Crippen LogP contribution in [0.1, 0.15) is 29.8 Å². The van der Waals surface area contributed by atoms with Crippen molar-refractivity contribution in [3.63, 3.8) is 0 Å². The number of hydrogen-bond donors (Lipinski definition) is 0. The van der Waals surface area contributed by atoms with Crippen LogP contribution in [0.5, 0.6) is 11.5 Å². The van der Waals surface area contributed by atoms with Gasteiger partial charge in [0.15, 0.2) is 18.1 Å². The Bertz CT molecular complexity index is 622. The van der Waals surface area contributed by atoms with Gasteiger partial charge in [-0.25, -0.2) is 4.98 Å². The molecule has 0 aliphatic heterocycles. The first kappa shape index (κ1) is 13.9. The fourth-order valence-corrected chi connectivity index (χ4v) is 1.71. The van der Waals surface area contributed by atoms with E-state index in [9.17, 15) is 0 Å². The maximum atomic E-state index is 8.89.